The van der Waals surface area contributed by atoms with E-state index in [2.05, 4.69) is 24.1 Å². The van der Waals surface area contributed by atoms with Gasteiger partial charge in [-0.1, -0.05) is 19.9 Å². The number of likely N-dealkylation sites (tertiary alicyclic amines) is 1. The summed E-state index contributed by atoms with van der Waals surface area (Å²) in [6.07, 6.45) is 1.19. The van der Waals surface area contributed by atoms with Crippen LogP contribution in [0, 0.1) is 11.8 Å². The highest BCUT2D eigenvalue weighted by Gasteiger charge is 2.29. The second-order valence-corrected chi connectivity index (χ2v) is 9.53. The van der Waals surface area contributed by atoms with Crippen LogP contribution in [-0.2, 0) is 14.8 Å². The Balaban J connectivity index is 2.10. The van der Waals surface area contributed by atoms with Crippen molar-refractivity contribution >= 4 is 21.6 Å². The summed E-state index contributed by atoms with van der Waals surface area (Å²) >= 11 is 0. The van der Waals surface area contributed by atoms with Crippen LogP contribution >= 0.6 is 0 Å². The lowest BCUT2D eigenvalue weighted by Gasteiger charge is -2.38. The van der Waals surface area contributed by atoms with E-state index in [9.17, 15) is 13.2 Å². The van der Waals surface area contributed by atoms with E-state index in [1.807, 2.05) is 6.92 Å². The molecule has 1 aliphatic rings. The van der Waals surface area contributed by atoms with Crippen LogP contribution in [0.25, 0.3) is 0 Å². The monoisotopic (exact) mass is 367 g/mol. The molecule has 3 atom stereocenters. The third-order valence-electron chi connectivity index (χ3n) is 4.70. The minimum atomic E-state index is -3.52. The standard InChI is InChI=1S/C18H29N3O3S/c1-13-9-14(2)12-21(11-13)15(3)18(22)19-16-7-6-8-17(10-16)25(23,24)20(4)5/h6-8,10,13-15H,9,11-12H2,1-5H3,(H,19,22). The minimum Gasteiger partial charge on any atom is -0.325 e. The second kappa shape index (κ2) is 7.85. The van der Waals surface area contributed by atoms with E-state index >= 15 is 0 Å². The molecule has 1 N–H and O–H groups in total. The lowest BCUT2D eigenvalue weighted by molar-refractivity contribution is -0.121. The predicted molar refractivity (Wildman–Crippen MR) is 99.9 cm³/mol. The Kier molecular flexibility index (Phi) is 6.24. The van der Waals surface area contributed by atoms with Gasteiger partial charge in [-0.15, -0.1) is 0 Å². The quantitative estimate of drug-likeness (QED) is 0.866. The first kappa shape index (κ1) is 19.9. The molecule has 0 radical (unpaired) electrons. The zero-order valence-electron chi connectivity index (χ0n) is 15.7. The number of hydrogen-bond donors (Lipinski definition) is 1. The summed E-state index contributed by atoms with van der Waals surface area (Å²) in [5, 5.41) is 2.86. The van der Waals surface area contributed by atoms with Crippen molar-refractivity contribution in [2.45, 2.75) is 38.1 Å². The van der Waals surface area contributed by atoms with E-state index in [1.165, 1.54) is 32.6 Å². The first-order valence-corrected chi connectivity index (χ1v) is 10.1. The summed E-state index contributed by atoms with van der Waals surface area (Å²) in [7, 11) is -0.544. The molecular weight excluding hydrogens is 338 g/mol. The molecule has 0 spiro atoms. The molecule has 0 aliphatic carbocycles. The number of hydrogen-bond acceptors (Lipinski definition) is 4. The first-order chi connectivity index (χ1) is 11.6. The molecule has 0 bridgehead atoms. The highest BCUT2D eigenvalue weighted by atomic mass is 32.2. The number of benzene rings is 1. The van der Waals surface area contributed by atoms with E-state index < -0.39 is 10.0 Å². The van der Waals surface area contributed by atoms with E-state index in [0.29, 0.717) is 17.5 Å². The predicted octanol–water partition coefficient (Wildman–Crippen LogP) is 2.24. The molecule has 6 nitrogen and oxygen atoms in total. The lowest BCUT2D eigenvalue weighted by atomic mass is 9.91. The normalized spacial score (nSPS) is 23.4. The van der Waals surface area contributed by atoms with E-state index in [-0.39, 0.29) is 16.8 Å². The topological polar surface area (TPSA) is 69.7 Å². The van der Waals surface area contributed by atoms with Gasteiger partial charge in [0.15, 0.2) is 0 Å². The van der Waals surface area contributed by atoms with Gasteiger partial charge in [0.05, 0.1) is 10.9 Å². The van der Waals surface area contributed by atoms with Gasteiger partial charge in [0.2, 0.25) is 15.9 Å². The number of anilines is 1. The van der Waals surface area contributed by atoms with Crippen LogP contribution < -0.4 is 5.32 Å². The van der Waals surface area contributed by atoms with E-state index in [4.69, 9.17) is 0 Å². The Morgan fingerprint density at radius 3 is 2.40 bits per heavy atom. The molecule has 0 aromatic heterocycles. The van der Waals surface area contributed by atoms with Crippen LogP contribution in [0.2, 0.25) is 0 Å². The number of piperidine rings is 1. The summed E-state index contributed by atoms with van der Waals surface area (Å²) in [5.41, 5.74) is 0.498. The maximum atomic E-state index is 12.6. The van der Waals surface area contributed by atoms with Gasteiger partial charge in [-0.2, -0.15) is 0 Å². The van der Waals surface area contributed by atoms with Crippen LogP contribution in [0.15, 0.2) is 29.2 Å². The van der Waals surface area contributed by atoms with Gasteiger partial charge in [0.1, 0.15) is 0 Å². The number of sulfonamides is 1. The maximum Gasteiger partial charge on any atom is 0.242 e. The fraction of sp³-hybridized carbons (Fsp3) is 0.611. The largest absolute Gasteiger partial charge is 0.325 e. The average Bonchev–Trinajstić information content (AvgIpc) is 2.53. The molecule has 3 unspecified atom stereocenters. The van der Waals surface area contributed by atoms with Crippen LogP contribution in [0.5, 0.6) is 0 Å². The molecule has 1 fully saturated rings. The van der Waals surface area contributed by atoms with E-state index in [0.717, 1.165) is 17.4 Å². The third kappa shape index (κ3) is 4.80. The van der Waals surface area contributed by atoms with Crippen molar-refractivity contribution in [2.24, 2.45) is 11.8 Å². The van der Waals surface area contributed by atoms with Crippen LogP contribution in [0.1, 0.15) is 27.2 Å². The molecular formula is C18H29N3O3S. The van der Waals surface area contributed by atoms with Crippen molar-refractivity contribution < 1.29 is 13.2 Å². The fourth-order valence-electron chi connectivity index (χ4n) is 3.39. The van der Waals surface area contributed by atoms with Crippen molar-refractivity contribution in [3.8, 4) is 0 Å². The molecule has 25 heavy (non-hydrogen) atoms. The van der Waals surface area contributed by atoms with Gasteiger partial charge in [-0.05, 0) is 43.4 Å². The molecule has 0 saturated carbocycles. The summed E-state index contributed by atoms with van der Waals surface area (Å²) in [6, 6.07) is 6.13. The minimum absolute atomic E-state index is 0.110. The van der Waals surface area contributed by atoms with Gasteiger partial charge in [-0.25, -0.2) is 12.7 Å². The third-order valence-corrected chi connectivity index (χ3v) is 6.52. The van der Waals surface area contributed by atoms with Crippen molar-refractivity contribution in [2.75, 3.05) is 32.5 Å². The van der Waals surface area contributed by atoms with Crippen molar-refractivity contribution in [1.29, 1.82) is 0 Å². The molecule has 2 rings (SSSR count). The highest BCUT2D eigenvalue weighted by molar-refractivity contribution is 7.89. The van der Waals surface area contributed by atoms with Crippen molar-refractivity contribution in [1.82, 2.24) is 9.21 Å². The van der Waals surface area contributed by atoms with Gasteiger partial charge < -0.3 is 5.32 Å². The second-order valence-electron chi connectivity index (χ2n) is 7.38. The number of amides is 1. The average molecular weight is 368 g/mol. The number of rotatable bonds is 5. The van der Waals surface area contributed by atoms with Crippen LogP contribution in [0.3, 0.4) is 0 Å². The summed E-state index contributed by atoms with van der Waals surface area (Å²) in [4.78, 5) is 15.0. The van der Waals surface area contributed by atoms with Gasteiger partial charge in [-0.3, -0.25) is 9.69 Å². The molecule has 1 aliphatic heterocycles. The molecule has 7 heteroatoms. The Morgan fingerprint density at radius 2 is 1.84 bits per heavy atom. The maximum absolute atomic E-state index is 12.6. The Hall–Kier alpha value is -1.44. The fourth-order valence-corrected chi connectivity index (χ4v) is 4.33. The van der Waals surface area contributed by atoms with Crippen LogP contribution in [0.4, 0.5) is 5.69 Å². The smallest absolute Gasteiger partial charge is 0.242 e. The lowest BCUT2D eigenvalue weighted by Crippen LogP contribution is -2.48. The molecule has 1 saturated heterocycles. The highest BCUT2D eigenvalue weighted by Crippen LogP contribution is 2.23. The van der Waals surface area contributed by atoms with Gasteiger partial charge >= 0.3 is 0 Å². The summed E-state index contributed by atoms with van der Waals surface area (Å²) < 4.78 is 25.6. The number of carbonyl (C=O) groups is 1. The Labute approximate surface area is 151 Å². The van der Waals surface area contributed by atoms with Crippen molar-refractivity contribution in [3.05, 3.63) is 24.3 Å². The number of nitrogens with zero attached hydrogens (tertiary/aromatic N) is 2. The molecule has 140 valence electrons. The number of carbonyl (C=O) groups excluding carboxylic acids is 1. The van der Waals surface area contributed by atoms with Gasteiger partial charge in [0, 0.05) is 32.9 Å². The zero-order chi connectivity index (χ0) is 18.8. The number of nitrogens with one attached hydrogen (secondary N) is 1. The molecule has 1 amide bonds. The molecule has 1 heterocycles. The van der Waals surface area contributed by atoms with Gasteiger partial charge in [0.25, 0.3) is 0 Å². The first-order valence-electron chi connectivity index (χ1n) is 8.68. The zero-order valence-corrected chi connectivity index (χ0v) is 16.5. The Bertz CT molecular complexity index is 708. The Morgan fingerprint density at radius 1 is 1.24 bits per heavy atom. The molecule has 1 aromatic carbocycles. The van der Waals surface area contributed by atoms with E-state index in [1.54, 1.807) is 12.1 Å². The van der Waals surface area contributed by atoms with Crippen LogP contribution in [-0.4, -0.2) is 56.8 Å². The summed E-state index contributed by atoms with van der Waals surface area (Å²) in [5.74, 6) is 1.04. The summed E-state index contributed by atoms with van der Waals surface area (Å²) in [6.45, 7) is 8.15. The van der Waals surface area contributed by atoms with Crippen molar-refractivity contribution in [3.63, 3.8) is 0 Å². The SMILES string of the molecule is CC1CC(C)CN(C(C)C(=O)Nc2cccc(S(=O)(=O)N(C)C)c2)C1. The molecule has 1 aromatic rings.